The van der Waals surface area contributed by atoms with Gasteiger partial charge in [-0.1, -0.05) is 6.42 Å². The molecule has 4 unspecified atom stereocenters. The Bertz CT molecular complexity index is 355. The number of nitrogens with one attached hydrogen (secondary N) is 1. The van der Waals surface area contributed by atoms with Gasteiger partial charge in [0.2, 0.25) is 5.91 Å². The Labute approximate surface area is 115 Å². The van der Waals surface area contributed by atoms with Crippen LogP contribution in [0.1, 0.15) is 46.0 Å². The third kappa shape index (κ3) is 3.11. The SMILES string of the molecule is CC1(C)OCC(CNC(=O)CC2CC3CCC2C3)O1. The maximum absolute atomic E-state index is 12.0. The van der Waals surface area contributed by atoms with Crippen molar-refractivity contribution in [2.24, 2.45) is 17.8 Å². The predicted molar refractivity (Wildman–Crippen MR) is 71.5 cm³/mol. The second-order valence-corrected chi connectivity index (χ2v) is 6.89. The van der Waals surface area contributed by atoms with Crippen molar-refractivity contribution in [3.05, 3.63) is 0 Å². The number of amides is 1. The zero-order chi connectivity index (χ0) is 13.5. The summed E-state index contributed by atoms with van der Waals surface area (Å²) in [5.41, 5.74) is 0. The van der Waals surface area contributed by atoms with Crippen molar-refractivity contribution < 1.29 is 14.3 Å². The lowest BCUT2D eigenvalue weighted by molar-refractivity contribution is -0.139. The van der Waals surface area contributed by atoms with Crippen LogP contribution in [0.3, 0.4) is 0 Å². The van der Waals surface area contributed by atoms with Crippen LogP contribution in [0.4, 0.5) is 0 Å². The van der Waals surface area contributed by atoms with Gasteiger partial charge in [-0.15, -0.1) is 0 Å². The van der Waals surface area contributed by atoms with E-state index in [4.69, 9.17) is 9.47 Å². The van der Waals surface area contributed by atoms with Gasteiger partial charge in [-0.05, 0) is 50.9 Å². The second kappa shape index (κ2) is 5.06. The Hall–Kier alpha value is -0.610. The van der Waals surface area contributed by atoms with Crippen LogP contribution in [-0.2, 0) is 14.3 Å². The Balaban J connectivity index is 1.38. The van der Waals surface area contributed by atoms with Gasteiger partial charge in [-0.3, -0.25) is 4.79 Å². The standard InChI is InChI=1S/C15H25NO3/c1-15(2)18-9-13(19-15)8-16-14(17)7-12-6-10-3-4-11(12)5-10/h10-13H,3-9H2,1-2H3,(H,16,17). The molecular formula is C15H25NO3. The van der Waals surface area contributed by atoms with Crippen molar-refractivity contribution in [2.75, 3.05) is 13.2 Å². The molecule has 4 heteroatoms. The molecule has 108 valence electrons. The lowest BCUT2D eigenvalue weighted by atomic mass is 9.86. The molecule has 1 amide bonds. The lowest BCUT2D eigenvalue weighted by Gasteiger charge is -2.21. The van der Waals surface area contributed by atoms with Crippen molar-refractivity contribution in [1.82, 2.24) is 5.32 Å². The molecule has 0 radical (unpaired) electrons. The van der Waals surface area contributed by atoms with E-state index in [0.29, 0.717) is 25.5 Å². The average Bonchev–Trinajstić information content (AvgIpc) is 3.01. The summed E-state index contributed by atoms with van der Waals surface area (Å²) >= 11 is 0. The Morgan fingerprint density at radius 3 is 2.74 bits per heavy atom. The molecule has 2 aliphatic carbocycles. The van der Waals surface area contributed by atoms with Gasteiger partial charge >= 0.3 is 0 Å². The van der Waals surface area contributed by atoms with Gasteiger partial charge in [-0.25, -0.2) is 0 Å². The average molecular weight is 267 g/mol. The summed E-state index contributed by atoms with van der Waals surface area (Å²) in [5.74, 6) is 2.05. The van der Waals surface area contributed by atoms with Crippen molar-refractivity contribution in [3.63, 3.8) is 0 Å². The molecule has 4 atom stereocenters. The molecule has 0 aromatic heterocycles. The fourth-order valence-electron chi connectivity index (χ4n) is 4.03. The third-order valence-corrected chi connectivity index (χ3v) is 4.93. The van der Waals surface area contributed by atoms with Gasteiger partial charge in [0, 0.05) is 13.0 Å². The minimum atomic E-state index is -0.500. The number of rotatable bonds is 4. The van der Waals surface area contributed by atoms with Crippen LogP contribution in [0.5, 0.6) is 0 Å². The topological polar surface area (TPSA) is 47.6 Å². The molecule has 2 bridgehead atoms. The Morgan fingerprint density at radius 1 is 1.32 bits per heavy atom. The van der Waals surface area contributed by atoms with Gasteiger partial charge in [0.25, 0.3) is 0 Å². The molecule has 1 heterocycles. The minimum Gasteiger partial charge on any atom is -0.353 e. The Morgan fingerprint density at radius 2 is 2.16 bits per heavy atom. The van der Waals surface area contributed by atoms with Crippen molar-refractivity contribution in [1.29, 1.82) is 0 Å². The van der Waals surface area contributed by atoms with E-state index < -0.39 is 5.79 Å². The maximum atomic E-state index is 12.0. The van der Waals surface area contributed by atoms with Crippen LogP contribution < -0.4 is 5.32 Å². The van der Waals surface area contributed by atoms with Crippen LogP contribution in [0.15, 0.2) is 0 Å². The van der Waals surface area contributed by atoms with Crippen LogP contribution in [-0.4, -0.2) is 30.9 Å². The van der Waals surface area contributed by atoms with Gasteiger partial charge in [0.1, 0.15) is 6.10 Å². The summed E-state index contributed by atoms with van der Waals surface area (Å²) < 4.78 is 11.2. The number of hydrogen-bond acceptors (Lipinski definition) is 3. The quantitative estimate of drug-likeness (QED) is 0.848. The highest BCUT2D eigenvalue weighted by atomic mass is 16.7. The molecule has 3 rings (SSSR count). The summed E-state index contributed by atoms with van der Waals surface area (Å²) in [4.78, 5) is 12.0. The first-order chi connectivity index (χ1) is 9.02. The first-order valence-electron chi connectivity index (χ1n) is 7.60. The summed E-state index contributed by atoms with van der Waals surface area (Å²) in [7, 11) is 0. The van der Waals surface area contributed by atoms with E-state index >= 15 is 0 Å². The van der Waals surface area contributed by atoms with Gasteiger partial charge in [-0.2, -0.15) is 0 Å². The Kier molecular flexibility index (Phi) is 3.56. The van der Waals surface area contributed by atoms with Gasteiger partial charge < -0.3 is 14.8 Å². The zero-order valence-corrected chi connectivity index (χ0v) is 12.0. The van der Waals surface area contributed by atoms with E-state index in [1.807, 2.05) is 13.8 Å². The van der Waals surface area contributed by atoms with Gasteiger partial charge in [0.15, 0.2) is 5.79 Å². The molecule has 1 aliphatic heterocycles. The molecule has 0 aromatic carbocycles. The number of fused-ring (bicyclic) bond motifs is 2. The highest BCUT2D eigenvalue weighted by Crippen LogP contribution is 2.49. The molecule has 3 fully saturated rings. The zero-order valence-electron chi connectivity index (χ0n) is 12.0. The molecule has 1 N–H and O–H groups in total. The number of carbonyl (C=O) groups excluding carboxylic acids is 1. The van der Waals surface area contributed by atoms with Crippen LogP contribution >= 0.6 is 0 Å². The summed E-state index contributed by atoms with van der Waals surface area (Å²) in [6, 6.07) is 0. The molecule has 4 nitrogen and oxygen atoms in total. The monoisotopic (exact) mass is 267 g/mol. The minimum absolute atomic E-state index is 0.000945. The highest BCUT2D eigenvalue weighted by Gasteiger charge is 2.40. The van der Waals surface area contributed by atoms with Crippen LogP contribution in [0.25, 0.3) is 0 Å². The first-order valence-corrected chi connectivity index (χ1v) is 7.60. The maximum Gasteiger partial charge on any atom is 0.220 e. The van der Waals surface area contributed by atoms with E-state index in [2.05, 4.69) is 5.32 Å². The summed E-state index contributed by atoms with van der Waals surface area (Å²) in [6.07, 6.45) is 6.08. The third-order valence-electron chi connectivity index (χ3n) is 4.93. The summed E-state index contributed by atoms with van der Waals surface area (Å²) in [6.45, 7) is 4.96. The van der Waals surface area contributed by atoms with E-state index in [0.717, 1.165) is 11.8 Å². The molecule has 19 heavy (non-hydrogen) atoms. The first kappa shape index (κ1) is 13.4. The van der Waals surface area contributed by atoms with E-state index in [1.54, 1.807) is 0 Å². The molecular weight excluding hydrogens is 242 g/mol. The number of ether oxygens (including phenoxy) is 2. The predicted octanol–water partition coefficient (Wildman–Crippen LogP) is 2.08. The molecule has 2 saturated carbocycles. The molecule has 1 saturated heterocycles. The van der Waals surface area contributed by atoms with Crippen molar-refractivity contribution in [3.8, 4) is 0 Å². The van der Waals surface area contributed by atoms with Crippen molar-refractivity contribution >= 4 is 5.91 Å². The van der Waals surface area contributed by atoms with E-state index in [9.17, 15) is 4.79 Å². The molecule has 0 aromatic rings. The lowest BCUT2D eigenvalue weighted by Crippen LogP contribution is -2.35. The summed E-state index contributed by atoms with van der Waals surface area (Å²) in [5, 5.41) is 3.00. The van der Waals surface area contributed by atoms with Crippen LogP contribution in [0.2, 0.25) is 0 Å². The molecule has 3 aliphatic rings. The largest absolute Gasteiger partial charge is 0.353 e. The fraction of sp³-hybridized carbons (Fsp3) is 0.933. The van der Waals surface area contributed by atoms with E-state index in [1.165, 1.54) is 25.7 Å². The van der Waals surface area contributed by atoms with Gasteiger partial charge in [0.05, 0.1) is 6.61 Å². The smallest absolute Gasteiger partial charge is 0.220 e. The molecule has 0 spiro atoms. The normalized spacial score (nSPS) is 39.7. The highest BCUT2D eigenvalue weighted by molar-refractivity contribution is 5.76. The van der Waals surface area contributed by atoms with E-state index in [-0.39, 0.29) is 12.0 Å². The fourth-order valence-corrected chi connectivity index (χ4v) is 4.03. The number of hydrogen-bond donors (Lipinski definition) is 1. The van der Waals surface area contributed by atoms with Crippen molar-refractivity contribution in [2.45, 2.75) is 57.8 Å². The second-order valence-electron chi connectivity index (χ2n) is 6.89. The van der Waals surface area contributed by atoms with Crippen LogP contribution in [0, 0.1) is 17.8 Å². The number of carbonyl (C=O) groups is 1.